The normalized spacial score (nSPS) is 11.4. The Kier molecular flexibility index (Phi) is 7.43. The topological polar surface area (TPSA) is 51.8 Å². The molecule has 0 unspecified atom stereocenters. The summed E-state index contributed by atoms with van der Waals surface area (Å²) in [5, 5.41) is 4.30. The molecule has 0 saturated carbocycles. The van der Waals surface area contributed by atoms with E-state index in [9.17, 15) is 0 Å². The highest BCUT2D eigenvalue weighted by atomic mass is 16.3. The van der Waals surface area contributed by atoms with Crippen molar-refractivity contribution in [2.75, 3.05) is 0 Å². The number of furan rings is 1. The molecule has 0 N–H and O–H groups in total. The fourth-order valence-electron chi connectivity index (χ4n) is 7.24. The zero-order valence-corrected chi connectivity index (χ0v) is 28.6. The molecular formula is C49H31N3O. The van der Waals surface area contributed by atoms with Gasteiger partial charge in [0.2, 0.25) is 0 Å². The number of rotatable bonds is 6. The average molecular weight is 678 g/mol. The van der Waals surface area contributed by atoms with Gasteiger partial charge in [-0.2, -0.15) is 0 Å². The lowest BCUT2D eigenvalue weighted by Gasteiger charge is -2.12. The van der Waals surface area contributed by atoms with Crippen molar-refractivity contribution in [1.82, 2.24) is 15.0 Å². The first-order chi connectivity index (χ1) is 26.2. The van der Waals surface area contributed by atoms with Crippen LogP contribution in [0.5, 0.6) is 0 Å². The molecule has 4 nitrogen and oxygen atoms in total. The van der Waals surface area contributed by atoms with E-state index in [-0.39, 0.29) is 0 Å². The Morgan fingerprint density at radius 1 is 0.321 bits per heavy atom. The Morgan fingerprint density at radius 2 is 0.811 bits per heavy atom. The predicted molar refractivity (Wildman–Crippen MR) is 217 cm³/mol. The van der Waals surface area contributed by atoms with Gasteiger partial charge in [0.25, 0.3) is 0 Å². The molecule has 0 aliphatic rings. The van der Waals surface area contributed by atoms with E-state index in [0.717, 1.165) is 66.3 Å². The molecule has 0 spiro atoms. The molecule has 2 aromatic heterocycles. The van der Waals surface area contributed by atoms with Crippen LogP contribution in [-0.4, -0.2) is 15.0 Å². The van der Waals surface area contributed by atoms with E-state index >= 15 is 0 Å². The molecule has 0 saturated heterocycles. The lowest BCUT2D eigenvalue weighted by molar-refractivity contribution is 0.670. The summed E-state index contributed by atoms with van der Waals surface area (Å²) >= 11 is 0. The highest BCUT2D eigenvalue weighted by molar-refractivity contribution is 6.15. The van der Waals surface area contributed by atoms with Crippen molar-refractivity contribution in [1.29, 1.82) is 0 Å². The standard InChI is InChI=1S/C49H31N3O/c1-3-11-32(12-4-1)34-19-21-35(22-20-34)36-23-26-38(27-24-36)47-50-48(40-28-25-33-13-7-8-16-39(33)31-40)52-49(51-47)43-30-29-41(37-14-5-2-6-15-37)46-45(43)42-17-9-10-18-44(42)53-46/h1-31H. The molecule has 0 amide bonds. The van der Waals surface area contributed by atoms with E-state index in [0.29, 0.717) is 17.5 Å². The number of hydrogen-bond acceptors (Lipinski definition) is 4. The monoisotopic (exact) mass is 677 g/mol. The highest BCUT2D eigenvalue weighted by Gasteiger charge is 2.21. The van der Waals surface area contributed by atoms with Crippen LogP contribution in [0.2, 0.25) is 0 Å². The van der Waals surface area contributed by atoms with Crippen molar-refractivity contribution >= 4 is 32.7 Å². The van der Waals surface area contributed by atoms with Crippen LogP contribution >= 0.6 is 0 Å². The summed E-state index contributed by atoms with van der Waals surface area (Å²) in [6, 6.07) is 65.2. The third-order valence-corrected chi connectivity index (χ3v) is 9.96. The van der Waals surface area contributed by atoms with E-state index in [1.165, 1.54) is 16.5 Å². The minimum absolute atomic E-state index is 0.593. The first-order valence-corrected chi connectivity index (χ1v) is 17.8. The van der Waals surface area contributed by atoms with Crippen LogP contribution in [0.15, 0.2) is 192 Å². The summed E-state index contributed by atoms with van der Waals surface area (Å²) in [7, 11) is 0. The minimum atomic E-state index is 0.593. The Labute approximate surface area is 306 Å². The summed E-state index contributed by atoms with van der Waals surface area (Å²) < 4.78 is 6.59. The fraction of sp³-hybridized carbons (Fsp3) is 0. The van der Waals surface area contributed by atoms with Crippen molar-refractivity contribution in [3.8, 4) is 67.5 Å². The molecule has 0 aliphatic heterocycles. The molecule has 2 heterocycles. The number of para-hydroxylation sites is 1. The van der Waals surface area contributed by atoms with Gasteiger partial charge >= 0.3 is 0 Å². The fourth-order valence-corrected chi connectivity index (χ4v) is 7.24. The second kappa shape index (κ2) is 12.9. The van der Waals surface area contributed by atoms with Gasteiger partial charge in [-0.1, -0.05) is 164 Å². The van der Waals surface area contributed by atoms with Crippen molar-refractivity contribution in [2.45, 2.75) is 0 Å². The maximum Gasteiger partial charge on any atom is 0.164 e. The summed E-state index contributed by atoms with van der Waals surface area (Å²) in [5.74, 6) is 1.82. The summed E-state index contributed by atoms with van der Waals surface area (Å²) in [6.07, 6.45) is 0. The van der Waals surface area contributed by atoms with Gasteiger partial charge in [0, 0.05) is 33.0 Å². The summed E-state index contributed by atoms with van der Waals surface area (Å²) in [6.45, 7) is 0. The van der Waals surface area contributed by atoms with E-state index in [1.807, 2.05) is 30.3 Å². The Morgan fingerprint density at radius 3 is 1.51 bits per heavy atom. The second-order valence-electron chi connectivity index (χ2n) is 13.2. The van der Waals surface area contributed by atoms with Gasteiger partial charge in [-0.25, -0.2) is 15.0 Å². The molecule has 10 rings (SSSR count). The molecule has 0 bridgehead atoms. The van der Waals surface area contributed by atoms with Gasteiger partial charge < -0.3 is 4.42 Å². The van der Waals surface area contributed by atoms with Crippen LogP contribution in [0.4, 0.5) is 0 Å². The zero-order chi connectivity index (χ0) is 35.1. The molecule has 8 aromatic carbocycles. The Hall–Kier alpha value is -7.17. The number of nitrogens with zero attached hydrogens (tertiary/aromatic N) is 3. The highest BCUT2D eigenvalue weighted by Crippen LogP contribution is 2.41. The number of benzene rings is 8. The largest absolute Gasteiger partial charge is 0.455 e. The number of aromatic nitrogens is 3. The SMILES string of the molecule is c1ccc(-c2ccc(-c3ccc(-c4nc(-c5ccc6ccccc6c5)nc(-c5ccc(-c6ccccc6)c6oc7ccccc7c56)n4)cc3)cc2)cc1. The van der Waals surface area contributed by atoms with Gasteiger partial charge in [0.05, 0.1) is 0 Å². The molecule has 4 heteroatoms. The van der Waals surface area contributed by atoms with Crippen LogP contribution in [0.25, 0.3) is 100 Å². The maximum atomic E-state index is 6.59. The predicted octanol–water partition coefficient (Wildman–Crippen LogP) is 12.9. The summed E-state index contributed by atoms with van der Waals surface area (Å²) in [5.41, 5.74) is 11.2. The van der Waals surface area contributed by atoms with Gasteiger partial charge in [-0.15, -0.1) is 0 Å². The lowest BCUT2D eigenvalue weighted by atomic mass is 9.98. The van der Waals surface area contributed by atoms with Crippen molar-refractivity contribution in [3.63, 3.8) is 0 Å². The van der Waals surface area contributed by atoms with Crippen LogP contribution in [-0.2, 0) is 0 Å². The third kappa shape index (κ3) is 5.63. The molecule has 53 heavy (non-hydrogen) atoms. The van der Waals surface area contributed by atoms with Crippen LogP contribution in [0, 0.1) is 0 Å². The van der Waals surface area contributed by atoms with Gasteiger partial charge in [-0.3, -0.25) is 0 Å². The first-order valence-electron chi connectivity index (χ1n) is 17.8. The molecule has 10 aromatic rings. The van der Waals surface area contributed by atoms with Gasteiger partial charge in [0.15, 0.2) is 17.5 Å². The minimum Gasteiger partial charge on any atom is -0.455 e. The average Bonchev–Trinajstić information content (AvgIpc) is 3.64. The number of fused-ring (bicyclic) bond motifs is 4. The molecule has 0 radical (unpaired) electrons. The molecule has 0 atom stereocenters. The first kappa shape index (κ1) is 30.6. The van der Waals surface area contributed by atoms with Gasteiger partial charge in [0.1, 0.15) is 11.2 Å². The van der Waals surface area contributed by atoms with E-state index < -0.39 is 0 Å². The zero-order valence-electron chi connectivity index (χ0n) is 28.6. The smallest absolute Gasteiger partial charge is 0.164 e. The van der Waals surface area contributed by atoms with E-state index in [1.54, 1.807) is 0 Å². The van der Waals surface area contributed by atoms with Crippen LogP contribution in [0.1, 0.15) is 0 Å². The van der Waals surface area contributed by atoms with Crippen molar-refractivity contribution in [2.24, 2.45) is 0 Å². The van der Waals surface area contributed by atoms with Crippen molar-refractivity contribution < 1.29 is 4.42 Å². The van der Waals surface area contributed by atoms with Crippen molar-refractivity contribution in [3.05, 3.63) is 188 Å². The lowest BCUT2D eigenvalue weighted by Crippen LogP contribution is -2.00. The quantitative estimate of drug-likeness (QED) is 0.176. The molecule has 248 valence electrons. The van der Waals surface area contributed by atoms with Crippen LogP contribution in [0.3, 0.4) is 0 Å². The van der Waals surface area contributed by atoms with E-state index in [2.05, 4.69) is 158 Å². The summed E-state index contributed by atoms with van der Waals surface area (Å²) in [4.78, 5) is 15.5. The Bertz CT molecular complexity index is 2910. The molecule has 0 fully saturated rings. The second-order valence-corrected chi connectivity index (χ2v) is 13.2. The maximum absolute atomic E-state index is 6.59. The number of hydrogen-bond donors (Lipinski definition) is 0. The van der Waals surface area contributed by atoms with Gasteiger partial charge in [-0.05, 0) is 62.9 Å². The molecular weight excluding hydrogens is 647 g/mol. The molecule has 0 aliphatic carbocycles. The van der Waals surface area contributed by atoms with Crippen LogP contribution < -0.4 is 0 Å². The van der Waals surface area contributed by atoms with E-state index in [4.69, 9.17) is 19.4 Å². The Balaban J connectivity index is 1.12. The third-order valence-electron chi connectivity index (χ3n) is 9.96.